The van der Waals surface area contributed by atoms with E-state index in [1.165, 1.54) is 57.8 Å². The third-order valence-corrected chi connectivity index (χ3v) is 5.20. The maximum atomic E-state index is 5.98. The predicted molar refractivity (Wildman–Crippen MR) is 78.6 cm³/mol. The van der Waals surface area contributed by atoms with E-state index in [9.17, 15) is 0 Å². The zero-order valence-electron chi connectivity index (χ0n) is 12.3. The molecule has 0 amide bonds. The summed E-state index contributed by atoms with van der Waals surface area (Å²) in [4.78, 5) is 0. The Morgan fingerprint density at radius 3 is 2.11 bits per heavy atom. The molecule has 0 bridgehead atoms. The molecule has 2 unspecified atom stereocenters. The first-order chi connectivity index (χ1) is 8.65. The largest absolute Gasteiger partial charge is 0.328 e. The van der Waals surface area contributed by atoms with Crippen LogP contribution in [0.2, 0.25) is 0 Å². The molecule has 18 heavy (non-hydrogen) atoms. The lowest BCUT2D eigenvalue weighted by Crippen LogP contribution is -2.42. The summed E-state index contributed by atoms with van der Waals surface area (Å²) in [6.07, 6.45) is 12.1. The third kappa shape index (κ3) is 4.24. The van der Waals surface area contributed by atoms with Crippen LogP contribution in [0.5, 0.6) is 0 Å². The number of hydrogen-bond donors (Lipinski definition) is 2. The summed E-state index contributed by atoms with van der Waals surface area (Å²) in [7, 11) is 0. The number of nitrogens with one attached hydrogen (secondary N) is 1. The van der Waals surface area contributed by atoms with Crippen LogP contribution >= 0.6 is 0 Å². The van der Waals surface area contributed by atoms with Gasteiger partial charge in [-0.05, 0) is 56.8 Å². The van der Waals surface area contributed by atoms with Crippen LogP contribution in [0.3, 0.4) is 0 Å². The van der Waals surface area contributed by atoms with Crippen LogP contribution in [0.4, 0.5) is 0 Å². The van der Waals surface area contributed by atoms with E-state index in [-0.39, 0.29) is 0 Å². The van der Waals surface area contributed by atoms with Crippen molar-refractivity contribution in [1.82, 2.24) is 5.32 Å². The van der Waals surface area contributed by atoms with Crippen molar-refractivity contribution in [3.8, 4) is 0 Å². The summed E-state index contributed by atoms with van der Waals surface area (Å²) in [6, 6.07) is 2.01. The maximum absolute atomic E-state index is 5.98. The van der Waals surface area contributed by atoms with E-state index in [1.807, 2.05) is 0 Å². The van der Waals surface area contributed by atoms with E-state index < -0.39 is 0 Å². The SMILES string of the molecule is CC(C)C1CCCC(NC2CCC(N)CC2)CC1. The Kier molecular flexibility index (Phi) is 5.50. The minimum atomic E-state index is 0.475. The minimum absolute atomic E-state index is 0.475. The van der Waals surface area contributed by atoms with Crippen molar-refractivity contribution in [3.63, 3.8) is 0 Å². The smallest absolute Gasteiger partial charge is 0.00708 e. The van der Waals surface area contributed by atoms with Gasteiger partial charge in [-0.2, -0.15) is 0 Å². The van der Waals surface area contributed by atoms with Gasteiger partial charge < -0.3 is 11.1 Å². The molecule has 2 aliphatic rings. The Hall–Kier alpha value is -0.0800. The standard InChI is InChI=1S/C16H32N2/c1-12(2)13-4-3-5-15(9-6-13)18-16-10-7-14(17)8-11-16/h12-16,18H,3-11,17H2,1-2H3. The van der Waals surface area contributed by atoms with Crippen molar-refractivity contribution < 1.29 is 0 Å². The van der Waals surface area contributed by atoms with Gasteiger partial charge in [0.25, 0.3) is 0 Å². The Morgan fingerprint density at radius 1 is 0.833 bits per heavy atom. The topological polar surface area (TPSA) is 38.0 Å². The summed E-state index contributed by atoms with van der Waals surface area (Å²) in [6.45, 7) is 4.78. The summed E-state index contributed by atoms with van der Waals surface area (Å²) in [5.41, 5.74) is 5.98. The van der Waals surface area contributed by atoms with Crippen LogP contribution in [0, 0.1) is 11.8 Å². The maximum Gasteiger partial charge on any atom is 0.00708 e. The van der Waals surface area contributed by atoms with E-state index in [0.717, 1.165) is 23.9 Å². The van der Waals surface area contributed by atoms with Crippen molar-refractivity contribution in [3.05, 3.63) is 0 Å². The Morgan fingerprint density at radius 2 is 1.44 bits per heavy atom. The molecule has 0 aromatic rings. The lowest BCUT2D eigenvalue weighted by atomic mass is 9.88. The van der Waals surface area contributed by atoms with Crippen molar-refractivity contribution in [2.75, 3.05) is 0 Å². The Bertz CT molecular complexity index is 231. The van der Waals surface area contributed by atoms with E-state index >= 15 is 0 Å². The molecule has 0 aromatic carbocycles. The molecule has 2 rings (SSSR count). The van der Waals surface area contributed by atoms with Crippen molar-refractivity contribution >= 4 is 0 Å². The highest BCUT2D eigenvalue weighted by atomic mass is 15.0. The third-order valence-electron chi connectivity index (χ3n) is 5.20. The van der Waals surface area contributed by atoms with Gasteiger partial charge in [0.15, 0.2) is 0 Å². The van der Waals surface area contributed by atoms with Gasteiger partial charge in [0.1, 0.15) is 0 Å². The van der Waals surface area contributed by atoms with E-state index in [0.29, 0.717) is 6.04 Å². The average molecular weight is 252 g/mol. The minimum Gasteiger partial charge on any atom is -0.328 e. The van der Waals surface area contributed by atoms with Crippen LogP contribution in [-0.4, -0.2) is 18.1 Å². The van der Waals surface area contributed by atoms with E-state index in [1.54, 1.807) is 0 Å². The first kappa shape index (κ1) is 14.3. The van der Waals surface area contributed by atoms with Crippen molar-refractivity contribution in [1.29, 1.82) is 0 Å². The number of nitrogens with two attached hydrogens (primary N) is 1. The molecule has 0 radical (unpaired) electrons. The van der Waals surface area contributed by atoms with Gasteiger partial charge in [-0.3, -0.25) is 0 Å². The molecule has 106 valence electrons. The van der Waals surface area contributed by atoms with Crippen LogP contribution < -0.4 is 11.1 Å². The van der Waals surface area contributed by atoms with Gasteiger partial charge in [-0.1, -0.05) is 26.7 Å². The lowest BCUT2D eigenvalue weighted by Gasteiger charge is -2.30. The van der Waals surface area contributed by atoms with E-state index in [4.69, 9.17) is 5.73 Å². The highest BCUT2D eigenvalue weighted by Crippen LogP contribution is 2.29. The fraction of sp³-hybridized carbons (Fsp3) is 1.00. The lowest BCUT2D eigenvalue weighted by molar-refractivity contribution is 0.295. The van der Waals surface area contributed by atoms with Crippen molar-refractivity contribution in [2.45, 2.75) is 89.8 Å². The van der Waals surface area contributed by atoms with Crippen molar-refractivity contribution in [2.24, 2.45) is 17.6 Å². The van der Waals surface area contributed by atoms with Gasteiger partial charge in [-0.15, -0.1) is 0 Å². The second-order valence-electron chi connectivity index (χ2n) is 6.99. The first-order valence-electron chi connectivity index (χ1n) is 8.16. The molecule has 0 heterocycles. The molecule has 0 saturated heterocycles. The van der Waals surface area contributed by atoms with Crippen LogP contribution in [0.1, 0.15) is 71.6 Å². The van der Waals surface area contributed by atoms with Gasteiger partial charge in [0.2, 0.25) is 0 Å². The molecular formula is C16H32N2. The van der Waals surface area contributed by atoms with Gasteiger partial charge in [0.05, 0.1) is 0 Å². The molecule has 0 spiro atoms. The molecule has 0 aliphatic heterocycles. The van der Waals surface area contributed by atoms with Gasteiger partial charge in [-0.25, -0.2) is 0 Å². The zero-order chi connectivity index (χ0) is 13.0. The molecule has 2 heteroatoms. The summed E-state index contributed by atoms with van der Waals surface area (Å²) < 4.78 is 0. The summed E-state index contributed by atoms with van der Waals surface area (Å²) >= 11 is 0. The monoisotopic (exact) mass is 252 g/mol. The second kappa shape index (κ2) is 6.91. The fourth-order valence-corrected chi connectivity index (χ4v) is 3.78. The molecule has 2 saturated carbocycles. The van der Waals surface area contributed by atoms with Gasteiger partial charge in [0, 0.05) is 18.1 Å². The highest BCUT2D eigenvalue weighted by molar-refractivity contribution is 4.83. The van der Waals surface area contributed by atoms with E-state index in [2.05, 4.69) is 19.2 Å². The predicted octanol–water partition coefficient (Wildman–Crippen LogP) is 3.45. The molecule has 2 fully saturated rings. The van der Waals surface area contributed by atoms with Crippen LogP contribution in [0.25, 0.3) is 0 Å². The molecule has 2 nitrogen and oxygen atoms in total. The highest BCUT2D eigenvalue weighted by Gasteiger charge is 2.24. The van der Waals surface area contributed by atoms with Gasteiger partial charge >= 0.3 is 0 Å². The quantitative estimate of drug-likeness (QED) is 0.755. The summed E-state index contributed by atoms with van der Waals surface area (Å²) in [5.74, 6) is 1.84. The molecular weight excluding hydrogens is 220 g/mol. The normalized spacial score (nSPS) is 38.7. The Balaban J connectivity index is 1.73. The molecule has 3 N–H and O–H groups in total. The van der Waals surface area contributed by atoms with Crippen LogP contribution in [0.15, 0.2) is 0 Å². The molecule has 0 aromatic heterocycles. The zero-order valence-corrected chi connectivity index (χ0v) is 12.3. The summed E-state index contributed by atoms with van der Waals surface area (Å²) in [5, 5.41) is 3.92. The molecule has 2 aliphatic carbocycles. The van der Waals surface area contributed by atoms with Crippen LogP contribution in [-0.2, 0) is 0 Å². The Labute approximate surface area is 113 Å². The number of hydrogen-bond acceptors (Lipinski definition) is 2. The number of rotatable bonds is 3. The molecule has 2 atom stereocenters. The second-order valence-corrected chi connectivity index (χ2v) is 6.99. The fourth-order valence-electron chi connectivity index (χ4n) is 3.78. The first-order valence-corrected chi connectivity index (χ1v) is 8.16. The average Bonchev–Trinajstić information content (AvgIpc) is 2.58.